The maximum absolute atomic E-state index is 12.2. The zero-order chi connectivity index (χ0) is 15.0. The third-order valence-corrected chi connectivity index (χ3v) is 3.62. The average Bonchev–Trinajstić information content (AvgIpc) is 2.81. The first-order valence-electron chi connectivity index (χ1n) is 6.32. The van der Waals surface area contributed by atoms with Gasteiger partial charge in [0.25, 0.3) is 5.91 Å². The molecule has 0 aliphatic rings. The van der Waals surface area contributed by atoms with Gasteiger partial charge in [0.15, 0.2) is 0 Å². The number of fused-ring (bicyclic) bond motifs is 1. The molecule has 1 aromatic heterocycles. The van der Waals surface area contributed by atoms with Gasteiger partial charge in [0.05, 0.1) is 11.0 Å². The number of imidazole rings is 1. The summed E-state index contributed by atoms with van der Waals surface area (Å²) < 4.78 is 0. The second-order valence-corrected chi connectivity index (χ2v) is 5.16. The fourth-order valence-electron chi connectivity index (χ4n) is 2.05. The molecule has 21 heavy (non-hydrogen) atoms. The van der Waals surface area contributed by atoms with Crippen LogP contribution in [0.25, 0.3) is 11.0 Å². The summed E-state index contributed by atoms with van der Waals surface area (Å²) >= 11 is 6.02. The number of amides is 1. The summed E-state index contributed by atoms with van der Waals surface area (Å²) in [4.78, 5) is 28.7. The summed E-state index contributed by atoms with van der Waals surface area (Å²) in [6.45, 7) is 1.88. The molecule has 1 heterocycles. The van der Waals surface area contributed by atoms with Crippen LogP contribution in [0.15, 0.2) is 41.2 Å². The molecular formula is C15H12ClN3O2. The Morgan fingerprint density at radius 2 is 1.86 bits per heavy atom. The number of H-pyrrole nitrogens is 2. The van der Waals surface area contributed by atoms with Crippen LogP contribution < -0.4 is 11.0 Å². The molecule has 0 radical (unpaired) electrons. The molecule has 3 rings (SSSR count). The molecule has 1 amide bonds. The van der Waals surface area contributed by atoms with Gasteiger partial charge in [-0.2, -0.15) is 0 Å². The highest BCUT2D eigenvalue weighted by atomic mass is 35.5. The SMILES string of the molecule is Cc1ccc(C(=O)Nc2ccc3[nH]c(=O)[nH]c3c2)cc1Cl. The van der Waals surface area contributed by atoms with Crippen molar-refractivity contribution in [1.29, 1.82) is 0 Å². The molecule has 0 aliphatic carbocycles. The normalized spacial score (nSPS) is 10.8. The molecule has 3 aromatic rings. The van der Waals surface area contributed by atoms with Crippen molar-refractivity contribution < 1.29 is 4.79 Å². The van der Waals surface area contributed by atoms with Crippen molar-refractivity contribution in [3.05, 3.63) is 63.0 Å². The lowest BCUT2D eigenvalue weighted by atomic mass is 10.1. The number of rotatable bonds is 2. The van der Waals surface area contributed by atoms with Gasteiger partial charge in [0, 0.05) is 16.3 Å². The molecule has 0 bridgehead atoms. The number of aromatic amines is 2. The van der Waals surface area contributed by atoms with Crippen molar-refractivity contribution >= 4 is 34.2 Å². The van der Waals surface area contributed by atoms with E-state index in [9.17, 15) is 9.59 Å². The summed E-state index contributed by atoms with van der Waals surface area (Å²) in [6, 6.07) is 10.3. The predicted molar refractivity (Wildman–Crippen MR) is 83.1 cm³/mol. The van der Waals surface area contributed by atoms with Crippen molar-refractivity contribution in [3.63, 3.8) is 0 Å². The van der Waals surface area contributed by atoms with Crippen LogP contribution in [0.1, 0.15) is 15.9 Å². The fourth-order valence-corrected chi connectivity index (χ4v) is 2.23. The minimum Gasteiger partial charge on any atom is -0.322 e. The minimum atomic E-state index is -0.279. The van der Waals surface area contributed by atoms with Crippen molar-refractivity contribution in [3.8, 4) is 0 Å². The number of aromatic nitrogens is 2. The van der Waals surface area contributed by atoms with Gasteiger partial charge in [-0.15, -0.1) is 0 Å². The van der Waals surface area contributed by atoms with Crippen LogP contribution in [0.5, 0.6) is 0 Å². The Morgan fingerprint density at radius 3 is 2.62 bits per heavy atom. The molecular weight excluding hydrogens is 290 g/mol. The lowest BCUT2D eigenvalue weighted by molar-refractivity contribution is 0.102. The smallest absolute Gasteiger partial charge is 0.322 e. The maximum Gasteiger partial charge on any atom is 0.323 e. The van der Waals surface area contributed by atoms with Crippen LogP contribution in [0.3, 0.4) is 0 Å². The molecule has 6 heteroatoms. The van der Waals surface area contributed by atoms with Crippen LogP contribution in [0.4, 0.5) is 5.69 Å². The first-order valence-corrected chi connectivity index (χ1v) is 6.70. The summed E-state index contributed by atoms with van der Waals surface area (Å²) in [5.41, 5.74) is 3.04. The topological polar surface area (TPSA) is 77.8 Å². The number of halogens is 1. The van der Waals surface area contributed by atoms with E-state index in [4.69, 9.17) is 11.6 Å². The maximum atomic E-state index is 12.2. The number of aryl methyl sites for hydroxylation is 1. The molecule has 0 fully saturated rings. The van der Waals surface area contributed by atoms with E-state index in [1.54, 1.807) is 36.4 Å². The molecule has 3 N–H and O–H groups in total. The Labute approximate surface area is 125 Å². The summed E-state index contributed by atoms with van der Waals surface area (Å²) in [5, 5.41) is 3.32. The van der Waals surface area contributed by atoms with Crippen molar-refractivity contribution in [1.82, 2.24) is 9.97 Å². The van der Waals surface area contributed by atoms with Gasteiger partial charge >= 0.3 is 5.69 Å². The largest absolute Gasteiger partial charge is 0.323 e. The second kappa shape index (κ2) is 5.10. The highest BCUT2D eigenvalue weighted by Crippen LogP contribution is 2.19. The van der Waals surface area contributed by atoms with E-state index in [0.29, 0.717) is 27.3 Å². The quantitative estimate of drug-likeness (QED) is 0.680. The molecule has 5 nitrogen and oxygen atoms in total. The lowest BCUT2D eigenvalue weighted by Crippen LogP contribution is -2.11. The van der Waals surface area contributed by atoms with Crippen molar-refractivity contribution in [2.24, 2.45) is 0 Å². The van der Waals surface area contributed by atoms with E-state index < -0.39 is 0 Å². The minimum absolute atomic E-state index is 0.255. The number of hydrogen-bond acceptors (Lipinski definition) is 2. The van der Waals surface area contributed by atoms with Gasteiger partial charge in [-0.3, -0.25) is 4.79 Å². The number of anilines is 1. The van der Waals surface area contributed by atoms with Crippen LogP contribution in [-0.4, -0.2) is 15.9 Å². The number of carbonyl (C=O) groups is 1. The van der Waals surface area contributed by atoms with Gasteiger partial charge in [-0.05, 0) is 42.8 Å². The molecule has 0 saturated carbocycles. The van der Waals surface area contributed by atoms with E-state index in [1.807, 2.05) is 6.92 Å². The highest BCUT2D eigenvalue weighted by Gasteiger charge is 2.08. The van der Waals surface area contributed by atoms with E-state index >= 15 is 0 Å². The Hall–Kier alpha value is -2.53. The van der Waals surface area contributed by atoms with Gasteiger partial charge in [-0.1, -0.05) is 17.7 Å². The van der Waals surface area contributed by atoms with Gasteiger partial charge in [0.2, 0.25) is 0 Å². The molecule has 0 spiro atoms. The third kappa shape index (κ3) is 2.68. The van der Waals surface area contributed by atoms with Crippen LogP contribution in [0, 0.1) is 6.92 Å². The highest BCUT2D eigenvalue weighted by molar-refractivity contribution is 6.31. The van der Waals surface area contributed by atoms with Crippen molar-refractivity contribution in [2.75, 3.05) is 5.32 Å². The average molecular weight is 302 g/mol. The number of carbonyl (C=O) groups excluding carboxylic acids is 1. The Balaban J connectivity index is 1.88. The summed E-state index contributed by atoms with van der Waals surface area (Å²) in [7, 11) is 0. The first-order chi connectivity index (χ1) is 10.0. The molecule has 0 unspecified atom stereocenters. The zero-order valence-electron chi connectivity index (χ0n) is 11.2. The van der Waals surface area contributed by atoms with Crippen molar-refractivity contribution in [2.45, 2.75) is 6.92 Å². The van der Waals surface area contributed by atoms with Crippen LogP contribution in [0.2, 0.25) is 5.02 Å². The number of hydrogen-bond donors (Lipinski definition) is 3. The first kappa shape index (κ1) is 13.5. The molecule has 0 aliphatic heterocycles. The van der Waals surface area contributed by atoms with E-state index in [1.165, 1.54) is 0 Å². The number of benzene rings is 2. The third-order valence-electron chi connectivity index (χ3n) is 3.21. The van der Waals surface area contributed by atoms with Crippen LogP contribution >= 0.6 is 11.6 Å². The Bertz CT molecular complexity index is 895. The van der Waals surface area contributed by atoms with Gasteiger partial charge in [0.1, 0.15) is 0 Å². The monoisotopic (exact) mass is 301 g/mol. The Morgan fingerprint density at radius 1 is 1.10 bits per heavy atom. The van der Waals surface area contributed by atoms with Gasteiger partial charge in [-0.25, -0.2) is 4.79 Å². The molecule has 106 valence electrons. The molecule has 0 saturated heterocycles. The van der Waals surface area contributed by atoms with E-state index in [2.05, 4.69) is 15.3 Å². The zero-order valence-corrected chi connectivity index (χ0v) is 11.9. The molecule has 0 atom stereocenters. The summed E-state index contributed by atoms with van der Waals surface area (Å²) in [6.07, 6.45) is 0. The fraction of sp³-hybridized carbons (Fsp3) is 0.0667. The van der Waals surface area contributed by atoms with E-state index in [-0.39, 0.29) is 11.6 Å². The summed E-state index contributed by atoms with van der Waals surface area (Å²) in [5.74, 6) is -0.255. The molecule has 2 aromatic carbocycles. The Kier molecular flexibility index (Phi) is 3.27. The van der Waals surface area contributed by atoms with E-state index in [0.717, 1.165) is 5.56 Å². The predicted octanol–water partition coefficient (Wildman–Crippen LogP) is 3.07. The van der Waals surface area contributed by atoms with Gasteiger partial charge < -0.3 is 15.3 Å². The lowest BCUT2D eigenvalue weighted by Gasteiger charge is -2.06. The second-order valence-electron chi connectivity index (χ2n) is 4.76. The standard InChI is InChI=1S/C15H12ClN3O2/c1-8-2-3-9(6-11(8)16)14(20)17-10-4-5-12-13(7-10)19-15(21)18-12/h2-7H,1H3,(H,17,20)(H2,18,19,21). The number of nitrogens with one attached hydrogen (secondary N) is 3. The van der Waals surface area contributed by atoms with Crippen LogP contribution in [-0.2, 0) is 0 Å².